The fourth-order valence-corrected chi connectivity index (χ4v) is 2.34. The van der Waals surface area contributed by atoms with Crippen LogP contribution in [0.4, 0.5) is 0 Å². The van der Waals surface area contributed by atoms with Gasteiger partial charge in [-0.3, -0.25) is 0 Å². The third-order valence-electron chi connectivity index (χ3n) is 3.44. The van der Waals surface area contributed by atoms with Crippen LogP contribution in [0.1, 0.15) is 46.2 Å². The number of hydrogen-bond donors (Lipinski definition) is 2. The Morgan fingerprint density at radius 3 is 1.68 bits per heavy atom. The van der Waals surface area contributed by atoms with Gasteiger partial charge in [-0.2, -0.15) is 0 Å². The molecule has 0 saturated heterocycles. The van der Waals surface area contributed by atoms with Crippen molar-refractivity contribution in [2.24, 2.45) is 0 Å². The second kappa shape index (κ2) is 10.9. The van der Waals surface area contributed by atoms with Gasteiger partial charge in [-0.05, 0) is 50.3 Å². The molecule has 2 aromatic heterocycles. The summed E-state index contributed by atoms with van der Waals surface area (Å²) in [4.78, 5) is 31.9. The standard InChI is InChI=1S/C19H22N4O4S/c1-3-26-17(24)15-9-5-7-13(22-15)11-20-19(28)21-12-14-8-6-10-16(23-14)18(25)27-4-2/h5-10H,3-4,11-12H2,1-2H3,(H2,20,21,28). The van der Waals surface area contributed by atoms with Crippen LogP contribution in [0.15, 0.2) is 36.4 Å². The molecule has 0 aromatic carbocycles. The maximum Gasteiger partial charge on any atom is 0.356 e. The Morgan fingerprint density at radius 2 is 1.29 bits per heavy atom. The van der Waals surface area contributed by atoms with Crippen molar-refractivity contribution in [1.82, 2.24) is 20.6 Å². The summed E-state index contributed by atoms with van der Waals surface area (Å²) >= 11 is 5.24. The molecule has 0 aliphatic carbocycles. The molecule has 0 radical (unpaired) electrons. The van der Waals surface area contributed by atoms with E-state index in [9.17, 15) is 9.59 Å². The molecule has 2 heterocycles. The molecule has 8 nitrogen and oxygen atoms in total. The van der Waals surface area contributed by atoms with Gasteiger partial charge >= 0.3 is 11.9 Å². The van der Waals surface area contributed by atoms with Gasteiger partial charge in [-0.15, -0.1) is 0 Å². The molecule has 0 amide bonds. The SMILES string of the molecule is CCOC(=O)c1cccc(CNC(=S)NCc2cccc(C(=O)OCC)n2)n1. The lowest BCUT2D eigenvalue weighted by molar-refractivity contribution is 0.0509. The van der Waals surface area contributed by atoms with E-state index in [0.717, 1.165) is 0 Å². The first kappa shape index (κ1) is 21.2. The number of nitrogens with one attached hydrogen (secondary N) is 2. The quantitative estimate of drug-likeness (QED) is 0.507. The number of rotatable bonds is 8. The van der Waals surface area contributed by atoms with Gasteiger partial charge in [0.2, 0.25) is 0 Å². The van der Waals surface area contributed by atoms with E-state index < -0.39 is 11.9 Å². The van der Waals surface area contributed by atoms with Crippen LogP contribution in [-0.2, 0) is 22.6 Å². The number of carbonyl (C=O) groups excluding carboxylic acids is 2. The zero-order valence-electron chi connectivity index (χ0n) is 15.7. The number of hydrogen-bond acceptors (Lipinski definition) is 7. The van der Waals surface area contributed by atoms with Crippen molar-refractivity contribution in [1.29, 1.82) is 0 Å². The minimum Gasteiger partial charge on any atom is -0.461 e. The molecule has 0 aliphatic heterocycles. The van der Waals surface area contributed by atoms with Gasteiger partial charge in [-0.25, -0.2) is 19.6 Å². The summed E-state index contributed by atoms with van der Waals surface area (Å²) in [6, 6.07) is 10.2. The molecule has 0 spiro atoms. The summed E-state index contributed by atoms with van der Waals surface area (Å²) in [6.07, 6.45) is 0. The topological polar surface area (TPSA) is 102 Å². The molecular formula is C19H22N4O4S. The molecule has 0 unspecified atom stereocenters. The normalized spacial score (nSPS) is 10.1. The van der Waals surface area contributed by atoms with E-state index in [1.54, 1.807) is 50.2 Å². The highest BCUT2D eigenvalue weighted by atomic mass is 32.1. The van der Waals surface area contributed by atoms with Crippen LogP contribution >= 0.6 is 12.2 Å². The van der Waals surface area contributed by atoms with Crippen molar-refractivity contribution in [3.63, 3.8) is 0 Å². The van der Waals surface area contributed by atoms with Crippen molar-refractivity contribution in [2.45, 2.75) is 26.9 Å². The van der Waals surface area contributed by atoms with Crippen LogP contribution < -0.4 is 10.6 Å². The highest BCUT2D eigenvalue weighted by Gasteiger charge is 2.10. The molecule has 0 fully saturated rings. The maximum absolute atomic E-state index is 11.7. The molecule has 0 atom stereocenters. The first-order chi connectivity index (χ1) is 13.5. The van der Waals surface area contributed by atoms with Crippen molar-refractivity contribution in [3.8, 4) is 0 Å². The third-order valence-corrected chi connectivity index (χ3v) is 3.73. The van der Waals surface area contributed by atoms with Crippen LogP contribution in [-0.4, -0.2) is 40.2 Å². The van der Waals surface area contributed by atoms with Gasteiger partial charge in [-0.1, -0.05) is 12.1 Å². The number of ether oxygens (including phenoxy) is 2. The first-order valence-corrected chi connectivity index (χ1v) is 9.22. The van der Waals surface area contributed by atoms with E-state index in [2.05, 4.69) is 20.6 Å². The van der Waals surface area contributed by atoms with Crippen molar-refractivity contribution >= 4 is 29.3 Å². The molecule has 0 aliphatic rings. The Labute approximate surface area is 168 Å². The van der Waals surface area contributed by atoms with Crippen molar-refractivity contribution in [2.75, 3.05) is 13.2 Å². The van der Waals surface area contributed by atoms with E-state index in [-0.39, 0.29) is 11.4 Å². The average molecular weight is 402 g/mol. The number of pyridine rings is 2. The zero-order valence-corrected chi connectivity index (χ0v) is 16.5. The minimum absolute atomic E-state index is 0.250. The molecule has 0 bridgehead atoms. The molecule has 0 saturated carbocycles. The maximum atomic E-state index is 11.7. The van der Waals surface area contributed by atoms with Crippen molar-refractivity contribution < 1.29 is 19.1 Å². The third kappa shape index (κ3) is 6.58. The lowest BCUT2D eigenvalue weighted by atomic mass is 10.3. The fraction of sp³-hybridized carbons (Fsp3) is 0.316. The van der Waals surface area contributed by atoms with Crippen LogP contribution in [0.25, 0.3) is 0 Å². The van der Waals surface area contributed by atoms with E-state index in [0.29, 0.717) is 42.8 Å². The lowest BCUT2D eigenvalue weighted by Gasteiger charge is -2.11. The summed E-state index contributed by atoms with van der Waals surface area (Å²) < 4.78 is 9.88. The van der Waals surface area contributed by atoms with E-state index >= 15 is 0 Å². The highest BCUT2D eigenvalue weighted by Crippen LogP contribution is 2.03. The number of esters is 2. The van der Waals surface area contributed by atoms with E-state index in [4.69, 9.17) is 21.7 Å². The summed E-state index contributed by atoms with van der Waals surface area (Å²) in [5.41, 5.74) is 1.80. The van der Waals surface area contributed by atoms with Gasteiger partial charge in [0.05, 0.1) is 37.7 Å². The van der Waals surface area contributed by atoms with Crippen LogP contribution in [0.3, 0.4) is 0 Å². The number of aromatic nitrogens is 2. The van der Waals surface area contributed by atoms with E-state index in [1.165, 1.54) is 0 Å². The molecule has 2 aromatic rings. The summed E-state index contributed by atoms with van der Waals surface area (Å²) in [5.74, 6) is -0.921. The predicted octanol–water partition coefficient (Wildman–Crippen LogP) is 1.99. The summed E-state index contributed by atoms with van der Waals surface area (Å²) in [5, 5.41) is 6.42. The molecule has 2 N–H and O–H groups in total. The second-order valence-electron chi connectivity index (χ2n) is 5.51. The monoisotopic (exact) mass is 402 g/mol. The highest BCUT2D eigenvalue weighted by molar-refractivity contribution is 7.80. The van der Waals surface area contributed by atoms with Crippen LogP contribution in [0.2, 0.25) is 0 Å². The van der Waals surface area contributed by atoms with Crippen LogP contribution in [0, 0.1) is 0 Å². The minimum atomic E-state index is -0.461. The Morgan fingerprint density at radius 1 is 0.857 bits per heavy atom. The molecule has 9 heteroatoms. The summed E-state index contributed by atoms with van der Waals surface area (Å²) in [6.45, 7) is 4.75. The molecular weight excluding hydrogens is 380 g/mol. The predicted molar refractivity (Wildman–Crippen MR) is 107 cm³/mol. The van der Waals surface area contributed by atoms with Gasteiger partial charge in [0.1, 0.15) is 11.4 Å². The molecule has 28 heavy (non-hydrogen) atoms. The second-order valence-corrected chi connectivity index (χ2v) is 5.91. The van der Waals surface area contributed by atoms with Gasteiger partial charge in [0, 0.05) is 0 Å². The Kier molecular flexibility index (Phi) is 8.29. The van der Waals surface area contributed by atoms with Gasteiger partial charge < -0.3 is 20.1 Å². The fourth-order valence-electron chi connectivity index (χ4n) is 2.20. The Balaban J connectivity index is 1.85. The first-order valence-electron chi connectivity index (χ1n) is 8.81. The van der Waals surface area contributed by atoms with Crippen LogP contribution in [0.5, 0.6) is 0 Å². The largest absolute Gasteiger partial charge is 0.461 e. The number of carbonyl (C=O) groups is 2. The smallest absolute Gasteiger partial charge is 0.356 e. The Bertz CT molecular complexity index is 777. The Hall–Kier alpha value is -3.07. The number of nitrogens with zero attached hydrogens (tertiary/aromatic N) is 2. The number of thiocarbonyl (C=S) groups is 1. The molecule has 2 rings (SSSR count). The average Bonchev–Trinajstić information content (AvgIpc) is 2.71. The van der Waals surface area contributed by atoms with E-state index in [1.807, 2.05) is 0 Å². The molecule has 148 valence electrons. The van der Waals surface area contributed by atoms with Gasteiger partial charge in [0.25, 0.3) is 0 Å². The van der Waals surface area contributed by atoms with Gasteiger partial charge in [0.15, 0.2) is 5.11 Å². The zero-order chi connectivity index (χ0) is 20.4. The van der Waals surface area contributed by atoms with Crippen molar-refractivity contribution in [3.05, 3.63) is 59.2 Å². The lowest BCUT2D eigenvalue weighted by Crippen LogP contribution is -2.34. The summed E-state index contributed by atoms with van der Waals surface area (Å²) in [7, 11) is 0.